The van der Waals surface area contributed by atoms with Crippen LogP contribution in [0.1, 0.15) is 37.9 Å². The smallest absolute Gasteiger partial charge is 0.227 e. The third-order valence-electron chi connectivity index (χ3n) is 5.05. The zero-order chi connectivity index (χ0) is 18.0. The van der Waals surface area contributed by atoms with Crippen LogP contribution in [0.15, 0.2) is 12.4 Å². The van der Waals surface area contributed by atoms with Gasteiger partial charge in [0.15, 0.2) is 5.65 Å². The number of amides is 1. The first-order valence-electron chi connectivity index (χ1n) is 9.17. The summed E-state index contributed by atoms with van der Waals surface area (Å²) in [5.41, 5.74) is 2.83. The molecule has 1 fully saturated rings. The van der Waals surface area contributed by atoms with Gasteiger partial charge in [-0.25, -0.2) is 15.0 Å². The molecule has 3 rings (SSSR count). The van der Waals surface area contributed by atoms with E-state index in [1.807, 2.05) is 25.7 Å². The maximum absolute atomic E-state index is 12.8. The van der Waals surface area contributed by atoms with Crippen LogP contribution < -0.4 is 4.90 Å². The molecule has 0 radical (unpaired) electrons. The van der Waals surface area contributed by atoms with Crippen LogP contribution in [0, 0.1) is 19.8 Å². The third kappa shape index (κ3) is 3.43. The Morgan fingerprint density at radius 3 is 2.76 bits per heavy atom. The highest BCUT2D eigenvalue weighted by molar-refractivity contribution is 5.90. The molecular weight excluding hydrogens is 314 g/mol. The van der Waals surface area contributed by atoms with Gasteiger partial charge in [0.25, 0.3) is 0 Å². The van der Waals surface area contributed by atoms with E-state index in [1.54, 1.807) is 6.33 Å². The second-order valence-electron chi connectivity index (χ2n) is 6.77. The predicted octanol–water partition coefficient (Wildman–Crippen LogP) is 2.73. The van der Waals surface area contributed by atoms with Crippen LogP contribution in [0.4, 0.5) is 5.82 Å². The summed E-state index contributed by atoms with van der Waals surface area (Å²) in [6.07, 6.45) is 3.53. The van der Waals surface area contributed by atoms with Crippen molar-refractivity contribution >= 4 is 22.8 Å². The van der Waals surface area contributed by atoms with Gasteiger partial charge in [-0.2, -0.15) is 0 Å². The topological polar surface area (TPSA) is 62.2 Å². The summed E-state index contributed by atoms with van der Waals surface area (Å²) in [5, 5.41) is 1.00. The van der Waals surface area contributed by atoms with E-state index in [0.29, 0.717) is 0 Å². The molecule has 1 aliphatic heterocycles. The van der Waals surface area contributed by atoms with E-state index in [4.69, 9.17) is 0 Å². The Bertz CT molecular complexity index is 772. The molecule has 6 nitrogen and oxygen atoms in total. The highest BCUT2D eigenvalue weighted by atomic mass is 16.2. The van der Waals surface area contributed by atoms with Crippen molar-refractivity contribution in [1.82, 2.24) is 19.9 Å². The van der Waals surface area contributed by atoms with Gasteiger partial charge in [-0.05, 0) is 52.2 Å². The molecule has 6 heteroatoms. The second-order valence-corrected chi connectivity index (χ2v) is 6.77. The number of fused-ring (bicyclic) bond motifs is 1. The number of hydrogen-bond acceptors (Lipinski definition) is 5. The van der Waals surface area contributed by atoms with Crippen molar-refractivity contribution in [2.45, 2.75) is 40.5 Å². The Labute approximate surface area is 149 Å². The monoisotopic (exact) mass is 341 g/mol. The van der Waals surface area contributed by atoms with Crippen LogP contribution >= 0.6 is 0 Å². The van der Waals surface area contributed by atoms with Gasteiger partial charge in [0.1, 0.15) is 12.1 Å². The summed E-state index contributed by atoms with van der Waals surface area (Å²) in [5.74, 6) is 1.21. The molecule has 0 aliphatic carbocycles. The van der Waals surface area contributed by atoms with E-state index in [9.17, 15) is 4.79 Å². The molecule has 3 heterocycles. The van der Waals surface area contributed by atoms with Gasteiger partial charge in [-0.3, -0.25) is 4.79 Å². The minimum atomic E-state index is 0.0392. The first-order chi connectivity index (χ1) is 12.0. The zero-order valence-corrected chi connectivity index (χ0v) is 15.6. The average molecular weight is 341 g/mol. The largest absolute Gasteiger partial charge is 0.355 e. The van der Waals surface area contributed by atoms with Crippen LogP contribution in [0.2, 0.25) is 0 Å². The lowest BCUT2D eigenvalue weighted by Gasteiger charge is -2.35. The minimum Gasteiger partial charge on any atom is -0.355 e. The zero-order valence-electron chi connectivity index (χ0n) is 15.6. The third-order valence-corrected chi connectivity index (χ3v) is 5.05. The van der Waals surface area contributed by atoms with Gasteiger partial charge >= 0.3 is 0 Å². The summed E-state index contributed by atoms with van der Waals surface area (Å²) in [6.45, 7) is 11.3. The summed E-state index contributed by atoms with van der Waals surface area (Å²) >= 11 is 0. The number of nitrogens with zero attached hydrogens (tertiary/aromatic N) is 5. The lowest BCUT2D eigenvalue weighted by Crippen LogP contribution is -2.45. The number of carbonyl (C=O) groups excluding carboxylic acids is 1. The normalized spacial score (nSPS) is 17.8. The number of rotatable bonds is 4. The number of pyridine rings is 1. The summed E-state index contributed by atoms with van der Waals surface area (Å²) in [7, 11) is 0. The maximum atomic E-state index is 12.8. The molecular formula is C19H27N5O. The molecule has 0 saturated carbocycles. The molecule has 0 unspecified atom stereocenters. The Morgan fingerprint density at radius 2 is 2.04 bits per heavy atom. The number of aryl methyl sites for hydroxylation is 2. The molecule has 0 N–H and O–H groups in total. The van der Waals surface area contributed by atoms with Crippen molar-refractivity contribution < 1.29 is 4.79 Å². The fourth-order valence-electron chi connectivity index (χ4n) is 3.79. The number of aromatic nitrogens is 3. The number of hydrogen-bond donors (Lipinski definition) is 0. The fraction of sp³-hybridized carbons (Fsp3) is 0.579. The van der Waals surface area contributed by atoms with Crippen molar-refractivity contribution in [2.24, 2.45) is 5.92 Å². The molecule has 134 valence electrons. The molecule has 25 heavy (non-hydrogen) atoms. The Kier molecular flexibility index (Phi) is 5.16. The molecule has 1 amide bonds. The summed E-state index contributed by atoms with van der Waals surface area (Å²) < 4.78 is 0. The Hall–Kier alpha value is -2.24. The van der Waals surface area contributed by atoms with Gasteiger partial charge in [-0.1, -0.05) is 0 Å². The Balaban J connectivity index is 1.92. The van der Waals surface area contributed by atoms with E-state index in [1.165, 1.54) is 0 Å². The standard InChI is InChI=1S/C19H27N5O/c1-5-23(6-2)19(25)15-8-7-9-24(11-15)18-16-13(3)10-14(4)22-17(16)20-12-21-18/h10,12,15H,5-9,11H2,1-4H3/t15-/m0/s1. The molecule has 2 aromatic heterocycles. The molecule has 1 atom stereocenters. The number of piperidine rings is 1. The first-order valence-corrected chi connectivity index (χ1v) is 9.17. The van der Waals surface area contributed by atoms with Gasteiger partial charge in [0.2, 0.25) is 5.91 Å². The van der Waals surface area contributed by atoms with E-state index in [0.717, 1.165) is 67.1 Å². The van der Waals surface area contributed by atoms with Gasteiger partial charge in [-0.15, -0.1) is 0 Å². The molecule has 0 bridgehead atoms. The number of carbonyl (C=O) groups is 1. The molecule has 0 aromatic carbocycles. The van der Waals surface area contributed by atoms with Crippen LogP contribution in [0.3, 0.4) is 0 Å². The van der Waals surface area contributed by atoms with Crippen molar-refractivity contribution in [3.05, 3.63) is 23.7 Å². The molecule has 1 saturated heterocycles. The van der Waals surface area contributed by atoms with Crippen molar-refractivity contribution in [1.29, 1.82) is 0 Å². The van der Waals surface area contributed by atoms with Gasteiger partial charge in [0.05, 0.1) is 11.3 Å². The lowest BCUT2D eigenvalue weighted by atomic mass is 9.96. The summed E-state index contributed by atoms with van der Waals surface area (Å²) in [4.78, 5) is 30.4. The number of anilines is 1. The maximum Gasteiger partial charge on any atom is 0.227 e. The highest BCUT2D eigenvalue weighted by Crippen LogP contribution is 2.29. The lowest BCUT2D eigenvalue weighted by molar-refractivity contribution is -0.135. The predicted molar refractivity (Wildman–Crippen MR) is 99.7 cm³/mol. The fourth-order valence-corrected chi connectivity index (χ4v) is 3.79. The van der Waals surface area contributed by atoms with Crippen LogP contribution in [-0.4, -0.2) is 51.9 Å². The minimum absolute atomic E-state index is 0.0392. The van der Waals surface area contributed by atoms with Gasteiger partial charge in [0, 0.05) is 31.9 Å². The van der Waals surface area contributed by atoms with E-state index in [-0.39, 0.29) is 11.8 Å². The van der Waals surface area contributed by atoms with Crippen LogP contribution in [-0.2, 0) is 4.79 Å². The molecule has 2 aromatic rings. The van der Waals surface area contributed by atoms with E-state index in [2.05, 4.69) is 32.8 Å². The Morgan fingerprint density at radius 1 is 1.28 bits per heavy atom. The molecule has 1 aliphatic rings. The van der Waals surface area contributed by atoms with Crippen LogP contribution in [0.5, 0.6) is 0 Å². The van der Waals surface area contributed by atoms with Crippen molar-refractivity contribution in [3.8, 4) is 0 Å². The molecule has 0 spiro atoms. The van der Waals surface area contributed by atoms with Gasteiger partial charge < -0.3 is 9.80 Å². The second kappa shape index (κ2) is 7.33. The van der Waals surface area contributed by atoms with Crippen LogP contribution in [0.25, 0.3) is 11.0 Å². The van der Waals surface area contributed by atoms with Crippen molar-refractivity contribution in [2.75, 3.05) is 31.1 Å². The highest BCUT2D eigenvalue weighted by Gasteiger charge is 2.30. The summed E-state index contributed by atoms with van der Waals surface area (Å²) in [6, 6.07) is 2.07. The SMILES string of the molecule is CCN(CC)C(=O)[C@H]1CCCN(c2ncnc3nc(C)cc(C)c23)C1. The van der Waals surface area contributed by atoms with E-state index < -0.39 is 0 Å². The van der Waals surface area contributed by atoms with E-state index >= 15 is 0 Å². The van der Waals surface area contributed by atoms with Crippen molar-refractivity contribution in [3.63, 3.8) is 0 Å². The average Bonchev–Trinajstić information content (AvgIpc) is 2.62. The first kappa shape index (κ1) is 17.6. The quantitative estimate of drug-likeness (QED) is 0.856.